The molecule has 0 aliphatic heterocycles. The van der Waals surface area contributed by atoms with Crippen molar-refractivity contribution in [3.63, 3.8) is 0 Å². The molecule has 0 aromatic heterocycles. The minimum atomic E-state index is -4.43. The SMILES string of the molecule is O=S(=O)([O-])c1cccc(PCCCPc2cccc(S(=O)(=O)[O-])c2)c1.[Na+].[Na+]. The zero-order valence-electron chi connectivity index (χ0n) is 15.0. The molecular formula is C15H16Na2O6P2S2. The molecule has 0 heterocycles. The van der Waals surface area contributed by atoms with E-state index >= 15 is 0 Å². The standard InChI is InChI=1S/C15H18O6P2S2.2Na/c16-24(17,18)14-6-1-4-12(10-14)22-8-3-9-23-13-5-2-7-15(11-13)25(19,20)21;;/h1-2,4-7,10-11,22-23H,3,8-9H2,(H,16,17,18)(H,19,20,21);;/q;2*+1/p-2. The first-order chi connectivity index (χ1) is 11.7. The van der Waals surface area contributed by atoms with Crippen molar-refractivity contribution in [2.24, 2.45) is 0 Å². The molecule has 0 bridgehead atoms. The zero-order chi connectivity index (χ0) is 18.5. The Kier molecular flexibility index (Phi) is 13.3. The van der Waals surface area contributed by atoms with Crippen molar-refractivity contribution in [1.82, 2.24) is 0 Å². The summed E-state index contributed by atoms with van der Waals surface area (Å²) < 4.78 is 66.0. The van der Waals surface area contributed by atoms with Gasteiger partial charge >= 0.3 is 59.1 Å². The number of hydrogen-bond acceptors (Lipinski definition) is 6. The molecule has 136 valence electrons. The van der Waals surface area contributed by atoms with Crippen molar-refractivity contribution >= 4 is 48.0 Å². The number of rotatable bonds is 8. The molecule has 27 heavy (non-hydrogen) atoms. The number of benzene rings is 2. The topological polar surface area (TPSA) is 114 Å². The third-order valence-electron chi connectivity index (χ3n) is 3.26. The first kappa shape index (κ1) is 28.1. The van der Waals surface area contributed by atoms with Crippen molar-refractivity contribution in [1.29, 1.82) is 0 Å². The minimum Gasteiger partial charge on any atom is -0.744 e. The van der Waals surface area contributed by atoms with Gasteiger partial charge in [-0.2, -0.15) is 0 Å². The largest absolute Gasteiger partial charge is 1.00 e. The Morgan fingerprint density at radius 3 is 1.41 bits per heavy atom. The molecule has 2 aromatic carbocycles. The molecule has 0 N–H and O–H groups in total. The second-order valence-electron chi connectivity index (χ2n) is 5.17. The zero-order valence-corrected chi connectivity index (χ0v) is 22.6. The number of hydrogen-bond donors (Lipinski definition) is 0. The third-order valence-corrected chi connectivity index (χ3v) is 7.57. The Morgan fingerprint density at radius 2 is 1.07 bits per heavy atom. The first-order valence-corrected chi connectivity index (χ1v) is 12.5. The van der Waals surface area contributed by atoms with E-state index in [0.717, 1.165) is 29.4 Å². The van der Waals surface area contributed by atoms with Crippen LogP contribution >= 0.6 is 17.2 Å². The van der Waals surface area contributed by atoms with Gasteiger partial charge in [-0.3, -0.25) is 0 Å². The second kappa shape index (κ2) is 12.7. The molecule has 0 saturated heterocycles. The van der Waals surface area contributed by atoms with Crippen LogP contribution in [0.3, 0.4) is 0 Å². The van der Waals surface area contributed by atoms with Crippen molar-refractivity contribution in [3.8, 4) is 0 Å². The molecular weight excluding hydrogens is 448 g/mol. The fourth-order valence-corrected chi connectivity index (χ4v) is 5.90. The van der Waals surface area contributed by atoms with E-state index in [-0.39, 0.29) is 68.9 Å². The van der Waals surface area contributed by atoms with Crippen LogP contribution in [0.25, 0.3) is 0 Å². The monoisotopic (exact) mass is 464 g/mol. The molecule has 2 atom stereocenters. The quantitative estimate of drug-likeness (QED) is 0.168. The van der Waals surface area contributed by atoms with Gasteiger partial charge in [-0.25, -0.2) is 16.8 Å². The van der Waals surface area contributed by atoms with Gasteiger partial charge in [-0.1, -0.05) is 41.4 Å². The Morgan fingerprint density at radius 1 is 0.704 bits per heavy atom. The summed E-state index contributed by atoms with van der Waals surface area (Å²) in [5, 5.41) is 1.64. The van der Waals surface area contributed by atoms with E-state index in [1.165, 1.54) is 24.3 Å². The molecule has 0 radical (unpaired) electrons. The third kappa shape index (κ3) is 10.1. The molecule has 2 aromatic rings. The Labute approximate surface area is 207 Å². The summed E-state index contributed by atoms with van der Waals surface area (Å²) in [6.07, 6.45) is 2.56. The first-order valence-electron chi connectivity index (χ1n) is 7.26. The summed E-state index contributed by atoms with van der Waals surface area (Å²) in [6.45, 7) is 0. The predicted octanol–water partition coefficient (Wildman–Crippen LogP) is -4.80. The van der Waals surface area contributed by atoms with Crippen LogP contribution in [0.5, 0.6) is 0 Å². The minimum absolute atomic E-state index is 0. The van der Waals surface area contributed by atoms with Crippen LogP contribution in [0.1, 0.15) is 6.42 Å². The van der Waals surface area contributed by atoms with Crippen LogP contribution in [0.2, 0.25) is 0 Å². The van der Waals surface area contributed by atoms with Crippen LogP contribution in [0.15, 0.2) is 58.3 Å². The van der Waals surface area contributed by atoms with Gasteiger partial charge in [-0.05, 0) is 53.6 Å². The van der Waals surface area contributed by atoms with Crippen LogP contribution in [0.4, 0.5) is 0 Å². The van der Waals surface area contributed by atoms with E-state index in [0.29, 0.717) is 17.2 Å². The van der Waals surface area contributed by atoms with E-state index in [2.05, 4.69) is 0 Å². The fraction of sp³-hybridized carbons (Fsp3) is 0.200. The molecule has 0 saturated carbocycles. The second-order valence-corrected chi connectivity index (χ2v) is 10.8. The van der Waals surface area contributed by atoms with Gasteiger partial charge in [0.25, 0.3) is 0 Å². The van der Waals surface area contributed by atoms with Crippen molar-refractivity contribution in [3.05, 3.63) is 48.5 Å². The van der Waals surface area contributed by atoms with Gasteiger partial charge in [0, 0.05) is 0 Å². The predicted molar refractivity (Wildman–Crippen MR) is 99.1 cm³/mol. The average Bonchev–Trinajstić information content (AvgIpc) is 2.53. The molecule has 2 rings (SSSR count). The van der Waals surface area contributed by atoms with Gasteiger partial charge in [0.15, 0.2) is 0 Å². The smallest absolute Gasteiger partial charge is 0.744 e. The van der Waals surface area contributed by atoms with E-state index < -0.39 is 20.2 Å². The van der Waals surface area contributed by atoms with E-state index in [4.69, 9.17) is 0 Å². The van der Waals surface area contributed by atoms with E-state index in [1.54, 1.807) is 24.3 Å². The van der Waals surface area contributed by atoms with Crippen LogP contribution in [-0.2, 0) is 20.2 Å². The van der Waals surface area contributed by atoms with Gasteiger partial charge in [-0.15, -0.1) is 0 Å². The maximum atomic E-state index is 11.0. The molecule has 0 fully saturated rings. The summed E-state index contributed by atoms with van der Waals surface area (Å²) in [5.74, 6) is 0. The van der Waals surface area contributed by atoms with Gasteiger partial charge in [0.1, 0.15) is 20.2 Å². The Bertz CT molecular complexity index is 875. The normalized spacial score (nSPS) is 12.2. The maximum Gasteiger partial charge on any atom is 1.00 e. The summed E-state index contributed by atoms with van der Waals surface area (Å²) >= 11 is 0. The fourth-order valence-electron chi connectivity index (χ4n) is 2.08. The van der Waals surface area contributed by atoms with Gasteiger partial charge < -0.3 is 9.11 Å². The Balaban J connectivity index is 0.00000338. The van der Waals surface area contributed by atoms with Crippen molar-refractivity contribution in [2.45, 2.75) is 16.2 Å². The molecule has 0 aliphatic rings. The summed E-state index contributed by atoms with van der Waals surface area (Å²) in [4.78, 5) is -0.426. The molecule has 0 aliphatic carbocycles. The van der Waals surface area contributed by atoms with Gasteiger partial charge in [0.05, 0.1) is 9.79 Å². The van der Waals surface area contributed by atoms with Crippen molar-refractivity contribution in [2.75, 3.05) is 12.3 Å². The van der Waals surface area contributed by atoms with Crippen LogP contribution in [0, 0.1) is 0 Å². The summed E-state index contributed by atoms with van der Waals surface area (Å²) in [6, 6.07) is 12.1. The average molecular weight is 464 g/mol. The molecule has 0 spiro atoms. The van der Waals surface area contributed by atoms with E-state index in [9.17, 15) is 25.9 Å². The van der Waals surface area contributed by atoms with Crippen LogP contribution < -0.4 is 69.7 Å². The molecule has 12 heteroatoms. The molecule has 6 nitrogen and oxygen atoms in total. The molecule has 2 unspecified atom stereocenters. The van der Waals surface area contributed by atoms with Gasteiger partial charge in [0.2, 0.25) is 0 Å². The summed E-state index contributed by atoms with van der Waals surface area (Å²) in [7, 11) is -8.08. The van der Waals surface area contributed by atoms with Crippen molar-refractivity contribution < 1.29 is 85.1 Å². The van der Waals surface area contributed by atoms with Crippen LogP contribution in [-0.4, -0.2) is 38.3 Å². The molecule has 0 amide bonds. The van der Waals surface area contributed by atoms with E-state index in [1.807, 2.05) is 0 Å². The summed E-state index contributed by atoms with van der Waals surface area (Å²) in [5.41, 5.74) is 0. The Hall–Kier alpha value is 1.12. The maximum absolute atomic E-state index is 11.0.